The average Bonchev–Trinajstić information content (AvgIpc) is 2.75. The molecule has 1 aliphatic heterocycles. The van der Waals surface area contributed by atoms with Crippen LogP contribution in [-0.4, -0.2) is 49.4 Å². The molecule has 2 aliphatic rings. The highest BCUT2D eigenvalue weighted by Gasteiger charge is 2.32. The first kappa shape index (κ1) is 21.8. The van der Waals surface area contributed by atoms with Gasteiger partial charge in [-0.1, -0.05) is 31.4 Å². The van der Waals surface area contributed by atoms with Crippen LogP contribution in [0.2, 0.25) is 0 Å². The minimum Gasteiger partial charge on any atom is -0.349 e. The van der Waals surface area contributed by atoms with Crippen molar-refractivity contribution >= 4 is 27.5 Å². The van der Waals surface area contributed by atoms with E-state index in [0.29, 0.717) is 30.6 Å². The lowest BCUT2D eigenvalue weighted by Gasteiger charge is -2.31. The maximum Gasteiger partial charge on any atom is 0.253 e. The van der Waals surface area contributed by atoms with Gasteiger partial charge >= 0.3 is 0 Å². The fraction of sp³-hybridized carbons (Fsp3) is 0.619. The van der Waals surface area contributed by atoms with Gasteiger partial charge in [-0.05, 0) is 44.7 Å². The van der Waals surface area contributed by atoms with Crippen molar-refractivity contribution in [2.45, 2.75) is 57.9 Å². The number of hydrogen-bond acceptors (Lipinski definition) is 4. The van der Waals surface area contributed by atoms with Gasteiger partial charge in [0.25, 0.3) is 5.91 Å². The van der Waals surface area contributed by atoms with Crippen LogP contribution < -0.4 is 10.6 Å². The molecule has 29 heavy (non-hydrogen) atoms. The Morgan fingerprint density at radius 2 is 1.79 bits per heavy atom. The number of piperidine rings is 1. The Morgan fingerprint density at radius 3 is 2.52 bits per heavy atom. The second-order valence-electron chi connectivity index (χ2n) is 7.94. The average molecular weight is 422 g/mol. The van der Waals surface area contributed by atoms with Gasteiger partial charge in [-0.2, -0.15) is 0 Å². The highest BCUT2D eigenvalue weighted by Crippen LogP contribution is 2.23. The first-order chi connectivity index (χ1) is 13.9. The number of nitrogens with one attached hydrogen (secondary N) is 2. The lowest BCUT2D eigenvalue weighted by molar-refractivity contribution is -0.120. The summed E-state index contributed by atoms with van der Waals surface area (Å²) in [5.41, 5.74) is 0.918. The maximum absolute atomic E-state index is 12.8. The highest BCUT2D eigenvalue weighted by atomic mass is 32.2. The zero-order valence-corrected chi connectivity index (χ0v) is 17.8. The van der Waals surface area contributed by atoms with Crippen molar-refractivity contribution in [2.75, 3.05) is 24.2 Å². The van der Waals surface area contributed by atoms with E-state index < -0.39 is 15.9 Å². The third-order valence-corrected chi connectivity index (χ3v) is 7.73. The van der Waals surface area contributed by atoms with Gasteiger partial charge in [0.1, 0.15) is 0 Å². The molecule has 0 spiro atoms. The van der Waals surface area contributed by atoms with Crippen LogP contribution in [0, 0.1) is 5.92 Å². The van der Waals surface area contributed by atoms with E-state index in [1.54, 1.807) is 31.2 Å². The smallest absolute Gasteiger partial charge is 0.253 e. The first-order valence-corrected chi connectivity index (χ1v) is 12.2. The molecule has 1 aromatic carbocycles. The maximum atomic E-state index is 12.8. The molecule has 1 saturated heterocycles. The summed E-state index contributed by atoms with van der Waals surface area (Å²) in [6, 6.07) is 7.18. The molecule has 8 heteroatoms. The van der Waals surface area contributed by atoms with E-state index in [-0.39, 0.29) is 30.2 Å². The minimum atomic E-state index is -3.31. The molecule has 1 aromatic rings. The van der Waals surface area contributed by atoms with E-state index in [9.17, 15) is 18.0 Å². The first-order valence-electron chi connectivity index (χ1n) is 10.6. The van der Waals surface area contributed by atoms with Gasteiger partial charge in [-0.15, -0.1) is 0 Å². The molecule has 0 radical (unpaired) electrons. The van der Waals surface area contributed by atoms with Gasteiger partial charge in [0.2, 0.25) is 15.9 Å². The van der Waals surface area contributed by atoms with Crippen molar-refractivity contribution in [1.29, 1.82) is 0 Å². The predicted octanol–water partition coefficient (Wildman–Crippen LogP) is 2.75. The van der Waals surface area contributed by atoms with Gasteiger partial charge < -0.3 is 10.6 Å². The van der Waals surface area contributed by atoms with Crippen LogP contribution in [0.4, 0.5) is 5.69 Å². The molecule has 2 amide bonds. The van der Waals surface area contributed by atoms with E-state index in [1.807, 2.05) is 0 Å². The number of carbonyl (C=O) groups is 2. The third-order valence-electron chi connectivity index (χ3n) is 5.88. The van der Waals surface area contributed by atoms with Gasteiger partial charge in [0, 0.05) is 19.1 Å². The number of hydrogen-bond donors (Lipinski definition) is 2. The van der Waals surface area contributed by atoms with E-state index in [4.69, 9.17) is 0 Å². The molecule has 0 bridgehead atoms. The summed E-state index contributed by atoms with van der Waals surface area (Å²) >= 11 is 0. The molecule has 1 heterocycles. The molecule has 1 saturated carbocycles. The normalized spacial score (nSPS) is 21.5. The molecule has 160 valence electrons. The lowest BCUT2D eigenvalue weighted by atomic mass is 9.95. The Kier molecular flexibility index (Phi) is 7.29. The fourth-order valence-electron chi connectivity index (χ4n) is 4.13. The molecule has 2 N–H and O–H groups in total. The molecule has 2 fully saturated rings. The molecule has 1 atom stereocenters. The van der Waals surface area contributed by atoms with Crippen molar-refractivity contribution in [3.63, 3.8) is 0 Å². The number of carbonyl (C=O) groups excluding carboxylic acids is 2. The zero-order chi connectivity index (χ0) is 20.9. The Labute approximate surface area is 173 Å². The number of benzene rings is 1. The molecule has 1 aliphatic carbocycles. The molecule has 0 aromatic heterocycles. The van der Waals surface area contributed by atoms with E-state index in [0.717, 1.165) is 25.7 Å². The summed E-state index contributed by atoms with van der Waals surface area (Å²) in [6.07, 6.45) is 6.74. The summed E-state index contributed by atoms with van der Waals surface area (Å²) in [5.74, 6) is -0.795. The summed E-state index contributed by atoms with van der Waals surface area (Å²) in [7, 11) is -3.31. The predicted molar refractivity (Wildman–Crippen MR) is 113 cm³/mol. The van der Waals surface area contributed by atoms with Crippen LogP contribution >= 0.6 is 0 Å². The Bertz CT molecular complexity index is 834. The molecular weight excluding hydrogens is 390 g/mol. The van der Waals surface area contributed by atoms with E-state index in [2.05, 4.69) is 10.6 Å². The number of para-hydroxylation sites is 1. The second-order valence-corrected chi connectivity index (χ2v) is 10.2. The van der Waals surface area contributed by atoms with E-state index >= 15 is 0 Å². The lowest BCUT2D eigenvalue weighted by Crippen LogP contribution is -2.44. The fourth-order valence-corrected chi connectivity index (χ4v) is 5.31. The topological polar surface area (TPSA) is 95.6 Å². The van der Waals surface area contributed by atoms with Crippen molar-refractivity contribution in [1.82, 2.24) is 9.62 Å². The number of nitrogens with zero attached hydrogens (tertiary/aromatic N) is 1. The molecule has 0 unspecified atom stereocenters. The van der Waals surface area contributed by atoms with Crippen LogP contribution in [0.25, 0.3) is 0 Å². The minimum absolute atomic E-state index is 0.0332. The van der Waals surface area contributed by atoms with Crippen molar-refractivity contribution in [2.24, 2.45) is 5.92 Å². The highest BCUT2D eigenvalue weighted by molar-refractivity contribution is 7.89. The van der Waals surface area contributed by atoms with Crippen LogP contribution in [0.3, 0.4) is 0 Å². The summed E-state index contributed by atoms with van der Waals surface area (Å²) in [4.78, 5) is 25.6. The van der Waals surface area contributed by atoms with Crippen molar-refractivity contribution < 1.29 is 18.0 Å². The number of anilines is 1. The van der Waals surface area contributed by atoms with Gasteiger partial charge in [-0.25, -0.2) is 12.7 Å². The Hall–Kier alpha value is -1.93. The monoisotopic (exact) mass is 421 g/mol. The largest absolute Gasteiger partial charge is 0.349 e. The molecule has 3 rings (SSSR count). The Balaban J connectivity index is 1.66. The SMILES string of the molecule is CCS(=O)(=O)N1CCC[C@H](C(=O)Nc2ccccc2C(=O)NC2CCCCC2)C1. The number of sulfonamides is 1. The standard InChI is InChI=1S/C21H31N3O4S/c1-2-29(27,28)24-14-8-9-16(15-24)20(25)23-19-13-7-6-12-18(19)21(26)22-17-10-4-3-5-11-17/h6-7,12-13,16-17H,2-5,8-11,14-15H2,1H3,(H,22,26)(H,23,25)/t16-/m0/s1. The van der Waals surface area contributed by atoms with Crippen LogP contribution in [0.1, 0.15) is 62.2 Å². The van der Waals surface area contributed by atoms with Crippen LogP contribution in [0.5, 0.6) is 0 Å². The van der Waals surface area contributed by atoms with Gasteiger partial charge in [0.05, 0.1) is 22.9 Å². The quantitative estimate of drug-likeness (QED) is 0.738. The number of amides is 2. The zero-order valence-electron chi connectivity index (χ0n) is 17.0. The second kappa shape index (κ2) is 9.71. The van der Waals surface area contributed by atoms with Crippen LogP contribution in [0.15, 0.2) is 24.3 Å². The Morgan fingerprint density at radius 1 is 1.07 bits per heavy atom. The summed E-state index contributed by atoms with van der Waals surface area (Å²) in [6.45, 7) is 2.26. The third kappa shape index (κ3) is 5.57. The van der Waals surface area contributed by atoms with Gasteiger partial charge in [-0.3, -0.25) is 9.59 Å². The summed E-state index contributed by atoms with van der Waals surface area (Å²) < 4.78 is 25.7. The molecule has 7 nitrogen and oxygen atoms in total. The van der Waals surface area contributed by atoms with E-state index in [1.165, 1.54) is 10.7 Å². The van der Waals surface area contributed by atoms with Crippen LogP contribution in [-0.2, 0) is 14.8 Å². The number of rotatable bonds is 6. The van der Waals surface area contributed by atoms with Crippen molar-refractivity contribution in [3.8, 4) is 0 Å². The van der Waals surface area contributed by atoms with Crippen molar-refractivity contribution in [3.05, 3.63) is 29.8 Å². The van der Waals surface area contributed by atoms with Gasteiger partial charge in [0.15, 0.2) is 0 Å². The molecular formula is C21H31N3O4S. The summed E-state index contributed by atoms with van der Waals surface area (Å²) in [5, 5.41) is 5.95.